The smallest absolute Gasteiger partial charge is 0.352 e. The van der Waals surface area contributed by atoms with E-state index in [-0.39, 0.29) is 22.4 Å². The highest BCUT2D eigenvalue weighted by Crippen LogP contribution is 2.32. The monoisotopic (exact) mass is 652 g/mol. The lowest BCUT2D eigenvalue weighted by Gasteiger charge is -2.13. The highest BCUT2D eigenvalue weighted by molar-refractivity contribution is 9.10. The second-order valence-electron chi connectivity index (χ2n) is 10.1. The van der Waals surface area contributed by atoms with E-state index in [9.17, 15) is 22.8 Å². The minimum Gasteiger partial charge on any atom is -0.352 e. The first-order chi connectivity index (χ1) is 20.5. The number of benzene rings is 2. The summed E-state index contributed by atoms with van der Waals surface area (Å²) >= 11 is 3.31. The molecule has 4 aromatic rings. The number of carbonyl (C=O) groups is 2. The van der Waals surface area contributed by atoms with Gasteiger partial charge in [-0.25, -0.2) is 4.98 Å². The van der Waals surface area contributed by atoms with Gasteiger partial charge in [0.05, 0.1) is 34.7 Å². The van der Waals surface area contributed by atoms with Gasteiger partial charge in [-0.2, -0.15) is 18.3 Å². The standard InChI is InChI=1S/C31H28BrF3N6O2/c1-18-28(39-30(43)25-16-27(31(33,34)35)38-26-11-10-22(32)15-24(25)26)19(2)41(40-18)17-20-6-8-21(9-7-20)29(42)37-14-12-23-5-3-4-13-36-23/h3,5-11,15-16H,4,12-14,17H2,1-2H3,(H,37,42)(H,39,43). The van der Waals surface area contributed by atoms with E-state index in [0.717, 1.165) is 30.3 Å². The van der Waals surface area contributed by atoms with Crippen molar-refractivity contribution in [3.8, 4) is 0 Å². The number of aromatic nitrogens is 3. The Balaban J connectivity index is 1.29. The minimum atomic E-state index is -4.72. The van der Waals surface area contributed by atoms with Crippen molar-refractivity contribution in [2.45, 2.75) is 39.4 Å². The minimum absolute atomic E-state index is 0.0558. The zero-order valence-corrected chi connectivity index (χ0v) is 25.0. The number of carbonyl (C=O) groups excluding carboxylic acids is 2. The molecule has 2 amide bonds. The summed E-state index contributed by atoms with van der Waals surface area (Å²) in [5.74, 6) is -0.879. The maximum Gasteiger partial charge on any atom is 0.433 e. The average molecular weight is 654 g/mol. The Labute approximate surface area is 254 Å². The first kappa shape index (κ1) is 30.1. The summed E-state index contributed by atoms with van der Waals surface area (Å²) in [6.45, 7) is 5.12. The van der Waals surface area contributed by atoms with Gasteiger partial charge < -0.3 is 10.6 Å². The number of pyridine rings is 1. The second-order valence-corrected chi connectivity index (χ2v) is 11.1. The van der Waals surface area contributed by atoms with Crippen LogP contribution >= 0.6 is 15.9 Å². The zero-order chi connectivity index (χ0) is 30.7. The molecule has 3 heterocycles. The molecule has 0 saturated carbocycles. The van der Waals surface area contributed by atoms with Crippen LogP contribution in [-0.4, -0.2) is 45.4 Å². The van der Waals surface area contributed by atoms with Crippen LogP contribution in [-0.2, 0) is 12.7 Å². The van der Waals surface area contributed by atoms with Crippen molar-refractivity contribution in [2.24, 2.45) is 4.99 Å². The van der Waals surface area contributed by atoms with Crippen LogP contribution in [0.15, 0.2) is 70.1 Å². The number of nitrogens with one attached hydrogen (secondary N) is 2. The van der Waals surface area contributed by atoms with Gasteiger partial charge >= 0.3 is 6.18 Å². The molecule has 8 nitrogen and oxygen atoms in total. The third kappa shape index (κ3) is 7.02. The second kappa shape index (κ2) is 12.5. The van der Waals surface area contributed by atoms with E-state index in [4.69, 9.17) is 0 Å². The number of rotatable bonds is 8. The van der Waals surface area contributed by atoms with Crippen molar-refractivity contribution >= 4 is 50.0 Å². The van der Waals surface area contributed by atoms with E-state index in [1.807, 2.05) is 18.2 Å². The van der Waals surface area contributed by atoms with E-state index in [2.05, 4.69) is 47.7 Å². The Morgan fingerprint density at radius 2 is 1.81 bits per heavy atom. The van der Waals surface area contributed by atoms with Gasteiger partial charge in [0, 0.05) is 40.6 Å². The number of aliphatic imine (C=N–C) groups is 1. The molecular formula is C31H28BrF3N6O2. The van der Waals surface area contributed by atoms with Crippen molar-refractivity contribution in [2.75, 3.05) is 18.4 Å². The fourth-order valence-corrected chi connectivity index (χ4v) is 5.16. The van der Waals surface area contributed by atoms with E-state index in [1.165, 1.54) is 6.07 Å². The van der Waals surface area contributed by atoms with E-state index < -0.39 is 17.8 Å². The number of hydrogen-bond donors (Lipinski definition) is 2. The number of dihydropyridines is 1. The molecule has 2 aromatic heterocycles. The molecule has 0 radical (unpaired) electrons. The molecule has 1 aliphatic heterocycles. The SMILES string of the molecule is Cc1nn(Cc2ccc(C(=O)NCCC3=NCCC=C3)cc2)c(C)c1NC(=O)c1cc(C(F)(F)F)nc2ccc(Br)cc12. The number of halogens is 4. The molecular weight excluding hydrogens is 625 g/mol. The number of amides is 2. The largest absolute Gasteiger partial charge is 0.433 e. The third-order valence-electron chi connectivity index (χ3n) is 7.06. The number of aryl methyl sites for hydroxylation is 1. The number of hydrogen-bond acceptors (Lipinski definition) is 5. The summed E-state index contributed by atoms with van der Waals surface area (Å²) < 4.78 is 43.0. The summed E-state index contributed by atoms with van der Waals surface area (Å²) in [6.07, 6.45) is 0.978. The van der Waals surface area contributed by atoms with Gasteiger partial charge in [-0.1, -0.05) is 34.1 Å². The Hall–Kier alpha value is -4.32. The van der Waals surface area contributed by atoms with Gasteiger partial charge in [0.15, 0.2) is 0 Å². The molecule has 0 saturated heterocycles. The van der Waals surface area contributed by atoms with Crippen LogP contribution < -0.4 is 10.6 Å². The van der Waals surface area contributed by atoms with Crippen molar-refractivity contribution < 1.29 is 22.8 Å². The quantitative estimate of drug-likeness (QED) is 0.222. The Kier molecular flexibility index (Phi) is 8.77. The van der Waals surface area contributed by atoms with Gasteiger partial charge in [-0.15, -0.1) is 0 Å². The van der Waals surface area contributed by atoms with Crippen LogP contribution in [0.3, 0.4) is 0 Å². The fourth-order valence-electron chi connectivity index (χ4n) is 4.80. The van der Waals surface area contributed by atoms with Crippen LogP contribution in [0.2, 0.25) is 0 Å². The highest BCUT2D eigenvalue weighted by Gasteiger charge is 2.34. The van der Waals surface area contributed by atoms with E-state index in [0.29, 0.717) is 46.6 Å². The molecule has 0 atom stereocenters. The molecule has 12 heteroatoms. The van der Waals surface area contributed by atoms with Crippen LogP contribution in [0.5, 0.6) is 0 Å². The summed E-state index contributed by atoms with van der Waals surface area (Å²) in [4.78, 5) is 34.0. The number of alkyl halides is 3. The maximum absolute atomic E-state index is 13.6. The predicted octanol–water partition coefficient (Wildman–Crippen LogP) is 6.65. The van der Waals surface area contributed by atoms with Crippen molar-refractivity contribution in [3.63, 3.8) is 0 Å². The van der Waals surface area contributed by atoms with Crippen molar-refractivity contribution in [1.82, 2.24) is 20.1 Å². The number of allylic oxidation sites excluding steroid dienone is 1. The number of nitrogens with zero attached hydrogens (tertiary/aromatic N) is 4. The lowest BCUT2D eigenvalue weighted by atomic mass is 10.1. The lowest BCUT2D eigenvalue weighted by Crippen LogP contribution is -2.26. The van der Waals surface area contributed by atoms with E-state index >= 15 is 0 Å². The Morgan fingerprint density at radius 3 is 2.51 bits per heavy atom. The van der Waals surface area contributed by atoms with Crippen LogP contribution in [0, 0.1) is 13.8 Å². The van der Waals surface area contributed by atoms with Gasteiger partial charge in [0.2, 0.25) is 0 Å². The van der Waals surface area contributed by atoms with E-state index in [1.54, 1.807) is 42.8 Å². The molecule has 2 N–H and O–H groups in total. The highest BCUT2D eigenvalue weighted by atomic mass is 79.9. The molecule has 5 rings (SSSR count). The molecule has 0 fully saturated rings. The zero-order valence-electron chi connectivity index (χ0n) is 23.4. The summed E-state index contributed by atoms with van der Waals surface area (Å²) in [7, 11) is 0. The predicted molar refractivity (Wildman–Crippen MR) is 163 cm³/mol. The van der Waals surface area contributed by atoms with Crippen LogP contribution in [0.4, 0.5) is 18.9 Å². The third-order valence-corrected chi connectivity index (χ3v) is 7.56. The first-order valence-corrected chi connectivity index (χ1v) is 14.4. The normalized spacial score (nSPS) is 13.2. The number of anilines is 1. The Morgan fingerprint density at radius 1 is 1.05 bits per heavy atom. The molecule has 43 heavy (non-hydrogen) atoms. The van der Waals surface area contributed by atoms with Gasteiger partial charge in [-0.3, -0.25) is 19.3 Å². The molecule has 222 valence electrons. The molecule has 0 bridgehead atoms. The summed E-state index contributed by atoms with van der Waals surface area (Å²) in [5, 5.41) is 10.5. The lowest BCUT2D eigenvalue weighted by molar-refractivity contribution is -0.141. The molecule has 1 aliphatic rings. The maximum atomic E-state index is 13.6. The molecule has 0 spiro atoms. The molecule has 0 aliphatic carbocycles. The van der Waals surface area contributed by atoms with Crippen molar-refractivity contribution in [3.05, 3.63) is 98.9 Å². The number of fused-ring (bicyclic) bond motifs is 1. The van der Waals surface area contributed by atoms with Gasteiger partial charge in [0.25, 0.3) is 11.8 Å². The van der Waals surface area contributed by atoms with Crippen LogP contribution in [0.25, 0.3) is 10.9 Å². The van der Waals surface area contributed by atoms with Crippen LogP contribution in [0.1, 0.15) is 56.2 Å². The topological polar surface area (TPSA) is 101 Å². The summed E-state index contributed by atoms with van der Waals surface area (Å²) in [5.41, 5.74) is 2.69. The van der Waals surface area contributed by atoms with Gasteiger partial charge in [0.1, 0.15) is 5.69 Å². The fraction of sp³-hybridized carbons (Fsp3) is 0.258. The molecule has 2 aromatic carbocycles. The average Bonchev–Trinajstić information content (AvgIpc) is 3.24. The van der Waals surface area contributed by atoms with Gasteiger partial charge in [-0.05, 0) is 68.3 Å². The first-order valence-electron chi connectivity index (χ1n) is 13.6. The Bertz CT molecular complexity index is 1760. The van der Waals surface area contributed by atoms with Crippen molar-refractivity contribution in [1.29, 1.82) is 0 Å². The molecule has 0 unspecified atom stereocenters. The summed E-state index contributed by atoms with van der Waals surface area (Å²) in [6, 6.07) is 12.5.